The van der Waals surface area contributed by atoms with Gasteiger partial charge in [0.2, 0.25) is 0 Å². The van der Waals surface area contributed by atoms with Gasteiger partial charge in [-0.1, -0.05) is 194 Å². The molecule has 11 aromatic rings. The number of nitrogens with zero attached hydrogens (tertiary/aromatic N) is 2. The van der Waals surface area contributed by atoms with Gasteiger partial charge >= 0.3 is 0 Å². The lowest BCUT2D eigenvalue weighted by atomic mass is 9.60. The van der Waals surface area contributed by atoms with Crippen LogP contribution in [0.3, 0.4) is 0 Å². The number of benzene rings is 10. The third kappa shape index (κ3) is 5.76. The zero-order valence-corrected chi connectivity index (χ0v) is 39.3. The number of aromatic nitrogens is 1. The number of para-hydroxylation sites is 3. The van der Waals surface area contributed by atoms with Gasteiger partial charge in [0.1, 0.15) is 0 Å². The maximum absolute atomic E-state index is 2.60. The molecule has 0 aliphatic heterocycles. The molecule has 334 valence electrons. The highest BCUT2D eigenvalue weighted by Crippen LogP contribution is 2.63. The van der Waals surface area contributed by atoms with Gasteiger partial charge in [0.05, 0.1) is 22.1 Å². The summed E-state index contributed by atoms with van der Waals surface area (Å²) in [6.45, 7) is 0. The Morgan fingerprint density at radius 2 is 1.23 bits per heavy atom. The number of rotatable bonds is 6. The Morgan fingerprint density at radius 1 is 0.493 bits per heavy atom. The zero-order chi connectivity index (χ0) is 46.6. The second-order valence-corrected chi connectivity index (χ2v) is 19.7. The maximum Gasteiger partial charge on any atom is 0.0689 e. The van der Waals surface area contributed by atoms with E-state index in [1.54, 1.807) is 0 Å². The van der Waals surface area contributed by atoms with Crippen LogP contribution in [0.4, 0.5) is 17.1 Å². The Morgan fingerprint density at radius 3 is 2.15 bits per heavy atom. The summed E-state index contributed by atoms with van der Waals surface area (Å²) in [7, 11) is 0. The van der Waals surface area contributed by atoms with Gasteiger partial charge in [-0.05, 0) is 151 Å². The minimum atomic E-state index is -0.489. The van der Waals surface area contributed by atoms with Crippen molar-refractivity contribution in [1.82, 2.24) is 4.57 Å². The molecule has 10 aromatic carbocycles. The Labute approximate surface area is 413 Å². The number of allylic oxidation sites excluding steroid dienone is 4. The summed E-state index contributed by atoms with van der Waals surface area (Å²) in [5.74, 6) is 0.240. The molecule has 71 heavy (non-hydrogen) atoms. The van der Waals surface area contributed by atoms with E-state index in [0.717, 1.165) is 24.9 Å². The molecule has 0 fully saturated rings. The van der Waals surface area contributed by atoms with Crippen molar-refractivity contribution in [3.8, 4) is 39.1 Å². The lowest BCUT2D eigenvalue weighted by Gasteiger charge is -2.42. The van der Waals surface area contributed by atoms with Gasteiger partial charge in [-0.15, -0.1) is 0 Å². The summed E-state index contributed by atoms with van der Waals surface area (Å²) in [5, 5.41) is 7.87. The van der Waals surface area contributed by atoms with Crippen molar-refractivity contribution in [2.45, 2.75) is 30.6 Å². The monoisotopic (exact) mass is 904 g/mol. The number of hydrogen-bond donors (Lipinski definition) is 0. The molecule has 0 bridgehead atoms. The van der Waals surface area contributed by atoms with Crippen LogP contribution in [0.2, 0.25) is 0 Å². The Balaban J connectivity index is 0.997. The van der Waals surface area contributed by atoms with E-state index >= 15 is 0 Å². The first kappa shape index (κ1) is 40.2. The summed E-state index contributed by atoms with van der Waals surface area (Å²) in [6, 6.07) is 82.5. The summed E-state index contributed by atoms with van der Waals surface area (Å²) >= 11 is 0. The number of anilines is 3. The van der Waals surface area contributed by atoms with Crippen LogP contribution in [0.1, 0.15) is 47.4 Å². The molecule has 0 N–H and O–H groups in total. The Bertz CT molecular complexity index is 4220. The molecule has 15 rings (SSSR count). The van der Waals surface area contributed by atoms with E-state index in [2.05, 4.69) is 258 Å². The van der Waals surface area contributed by atoms with Crippen molar-refractivity contribution in [3.05, 3.63) is 275 Å². The molecule has 4 aliphatic rings. The normalized spacial score (nSPS) is 17.0. The maximum atomic E-state index is 2.60. The predicted octanol–water partition coefficient (Wildman–Crippen LogP) is 16.4. The second kappa shape index (κ2) is 15.7. The van der Waals surface area contributed by atoms with Crippen LogP contribution in [-0.2, 0) is 5.41 Å². The lowest BCUT2D eigenvalue weighted by Crippen LogP contribution is -2.44. The molecular formula is C69H48N2. The van der Waals surface area contributed by atoms with Crippen LogP contribution >= 0.6 is 0 Å². The molecular weight excluding hydrogens is 857 g/mol. The van der Waals surface area contributed by atoms with E-state index in [1.807, 2.05) is 0 Å². The fourth-order valence-electron chi connectivity index (χ4n) is 13.4. The van der Waals surface area contributed by atoms with Crippen molar-refractivity contribution >= 4 is 61.3 Å². The van der Waals surface area contributed by atoms with Crippen molar-refractivity contribution in [1.29, 1.82) is 0 Å². The molecule has 1 heterocycles. The predicted molar refractivity (Wildman–Crippen MR) is 298 cm³/mol. The van der Waals surface area contributed by atoms with E-state index in [-0.39, 0.29) is 5.92 Å². The SMILES string of the molecule is C1=CCC(c2ccccc2N(c2cccc(-c3ccc4c(c3)c3ccccc3n4-c3ccccc3)c2)c2cccc3c2-c2ccccc2C32C3=c4c(cccc4=CCC3)-c3c2ccc2ccccc32)C=C1. The first-order valence-corrected chi connectivity index (χ1v) is 25.3. The van der Waals surface area contributed by atoms with Gasteiger partial charge in [-0.25, -0.2) is 0 Å². The summed E-state index contributed by atoms with van der Waals surface area (Å²) in [6.07, 6.45) is 14.5. The van der Waals surface area contributed by atoms with Gasteiger partial charge < -0.3 is 9.47 Å². The lowest BCUT2D eigenvalue weighted by molar-refractivity contribution is 0.771. The minimum absolute atomic E-state index is 0.240. The van der Waals surface area contributed by atoms with Crippen molar-refractivity contribution in [3.63, 3.8) is 0 Å². The van der Waals surface area contributed by atoms with Crippen LogP contribution in [0.15, 0.2) is 243 Å². The van der Waals surface area contributed by atoms with E-state index in [9.17, 15) is 0 Å². The first-order chi connectivity index (χ1) is 35.3. The summed E-state index contributed by atoms with van der Waals surface area (Å²) < 4.78 is 2.40. The third-order valence-corrected chi connectivity index (χ3v) is 16.2. The summed E-state index contributed by atoms with van der Waals surface area (Å²) in [5.41, 5.74) is 21.3. The second-order valence-electron chi connectivity index (χ2n) is 19.7. The van der Waals surface area contributed by atoms with Crippen molar-refractivity contribution < 1.29 is 0 Å². The van der Waals surface area contributed by atoms with Gasteiger partial charge in [0.15, 0.2) is 0 Å². The fraction of sp³-hybridized carbons (Fsp3) is 0.0725. The van der Waals surface area contributed by atoms with Crippen molar-refractivity contribution in [2.24, 2.45) is 0 Å². The molecule has 0 amide bonds. The molecule has 4 aliphatic carbocycles. The molecule has 2 heteroatoms. The van der Waals surface area contributed by atoms with E-state index in [1.165, 1.54) is 121 Å². The highest BCUT2D eigenvalue weighted by molar-refractivity contribution is 6.11. The Kier molecular flexibility index (Phi) is 8.86. The van der Waals surface area contributed by atoms with Gasteiger partial charge in [0, 0.05) is 39.3 Å². The van der Waals surface area contributed by atoms with Gasteiger partial charge in [0.25, 0.3) is 0 Å². The molecule has 0 saturated carbocycles. The average molecular weight is 905 g/mol. The fourth-order valence-corrected chi connectivity index (χ4v) is 13.4. The minimum Gasteiger partial charge on any atom is -0.310 e. The van der Waals surface area contributed by atoms with Crippen molar-refractivity contribution in [2.75, 3.05) is 4.90 Å². The topological polar surface area (TPSA) is 8.17 Å². The molecule has 0 saturated heterocycles. The van der Waals surface area contributed by atoms with Gasteiger partial charge in [-0.3, -0.25) is 0 Å². The van der Waals surface area contributed by atoms with E-state index in [4.69, 9.17) is 0 Å². The van der Waals surface area contributed by atoms with E-state index < -0.39 is 5.41 Å². The van der Waals surface area contributed by atoms with Crippen LogP contribution in [0, 0.1) is 0 Å². The molecule has 0 radical (unpaired) electrons. The number of fused-ring (bicyclic) bond motifs is 14. The van der Waals surface area contributed by atoms with Crippen LogP contribution < -0.4 is 15.3 Å². The van der Waals surface area contributed by atoms with Gasteiger partial charge in [-0.2, -0.15) is 0 Å². The molecule has 2 atom stereocenters. The third-order valence-electron chi connectivity index (χ3n) is 16.2. The zero-order valence-electron chi connectivity index (χ0n) is 39.3. The molecule has 1 aromatic heterocycles. The summed E-state index contributed by atoms with van der Waals surface area (Å²) in [4.78, 5) is 2.60. The largest absolute Gasteiger partial charge is 0.310 e. The van der Waals surface area contributed by atoms with Crippen LogP contribution in [0.25, 0.3) is 83.3 Å². The number of hydrogen-bond acceptors (Lipinski definition) is 1. The molecule has 1 spiro atoms. The molecule has 2 nitrogen and oxygen atoms in total. The Hall–Kier alpha value is -8.72. The standard InChI is InChI=1S/C69H48N2/c1-3-19-45(20-4-1)52-28-10-13-36-62(52)71(51-27-15-24-48(43-51)49-40-42-64-57(44-49)54-30-11-14-37-63(54)70(64)50-25-5-2-6-26-50)65-38-18-35-60-68(65)55-31-9-12-33-58(55)69(60)59-34-17-23-47-22-16-32-56(66(47)59)67-53-29-8-7-21-46(53)39-41-61(67)69/h1-16,18-19,21-33,35-45H,17,20,34H2. The van der Waals surface area contributed by atoms with Crippen LogP contribution in [0.5, 0.6) is 0 Å². The molecule has 2 unspecified atom stereocenters. The highest BCUT2D eigenvalue weighted by Gasteiger charge is 2.52. The average Bonchev–Trinajstić information content (AvgIpc) is 3.94. The smallest absolute Gasteiger partial charge is 0.0689 e. The van der Waals surface area contributed by atoms with Crippen LogP contribution in [-0.4, -0.2) is 4.57 Å². The van der Waals surface area contributed by atoms with E-state index in [0.29, 0.717) is 0 Å². The quantitative estimate of drug-likeness (QED) is 0.161. The highest BCUT2D eigenvalue weighted by atomic mass is 15.1. The first-order valence-electron chi connectivity index (χ1n) is 25.3.